The summed E-state index contributed by atoms with van der Waals surface area (Å²) in [7, 11) is 0. The highest BCUT2D eigenvalue weighted by atomic mass is 35.5. The molecule has 0 bridgehead atoms. The largest absolute Gasteiger partial charge is 0.490 e. The van der Waals surface area contributed by atoms with Crippen molar-refractivity contribution >= 4 is 51.6 Å². The van der Waals surface area contributed by atoms with Crippen LogP contribution in [0.15, 0.2) is 42.1 Å². The highest BCUT2D eigenvalue weighted by Gasteiger charge is 2.08. The molecule has 0 atom stereocenters. The van der Waals surface area contributed by atoms with E-state index in [0.717, 1.165) is 35.8 Å². The van der Waals surface area contributed by atoms with Crippen molar-refractivity contribution in [3.8, 4) is 11.5 Å². The molecule has 3 aromatic rings. The number of allylic oxidation sites excluding steroid dienone is 1. The van der Waals surface area contributed by atoms with E-state index in [4.69, 9.17) is 32.7 Å². The number of nitrogens with one attached hydrogen (secondary N) is 1. The summed E-state index contributed by atoms with van der Waals surface area (Å²) in [6.45, 7) is 8.13. The first-order valence-corrected chi connectivity index (χ1v) is 12.0. The number of anilines is 2. The van der Waals surface area contributed by atoms with Gasteiger partial charge in [-0.3, -0.25) is 0 Å². The number of nitrogens with zero attached hydrogens (tertiary/aromatic N) is 2. The van der Waals surface area contributed by atoms with E-state index in [2.05, 4.69) is 39.0 Å². The van der Waals surface area contributed by atoms with Gasteiger partial charge in [0.1, 0.15) is 5.70 Å². The zero-order valence-electron chi connectivity index (χ0n) is 18.3. The van der Waals surface area contributed by atoms with Gasteiger partial charge in [-0.25, -0.2) is 0 Å². The molecule has 0 aliphatic heterocycles. The fraction of sp³-hybridized carbons (Fsp3) is 0.304. The third-order valence-electron chi connectivity index (χ3n) is 4.48. The number of hydrogen-bond acceptors (Lipinski definition) is 6. The van der Waals surface area contributed by atoms with E-state index < -0.39 is 0 Å². The second kappa shape index (κ2) is 12.1. The summed E-state index contributed by atoms with van der Waals surface area (Å²) in [5.41, 5.74) is 3.14. The van der Waals surface area contributed by atoms with Crippen LogP contribution in [0.5, 0.6) is 11.5 Å². The number of aromatic nitrogens is 2. The maximum Gasteiger partial charge on any atom is 0.207 e. The van der Waals surface area contributed by atoms with Crippen LogP contribution < -0.4 is 20.1 Å². The molecule has 1 heterocycles. The molecule has 0 spiro atoms. The Labute approximate surface area is 202 Å². The van der Waals surface area contributed by atoms with Gasteiger partial charge in [0.25, 0.3) is 0 Å². The van der Waals surface area contributed by atoms with Gasteiger partial charge in [-0.05, 0) is 49.7 Å². The summed E-state index contributed by atoms with van der Waals surface area (Å²) in [4.78, 5) is 4.52. The molecule has 3 rings (SSSR count). The van der Waals surface area contributed by atoms with Gasteiger partial charge in [0.15, 0.2) is 17.3 Å². The van der Waals surface area contributed by atoms with Crippen LogP contribution >= 0.6 is 34.7 Å². The minimum absolute atomic E-state index is 0.493. The zero-order valence-corrected chi connectivity index (χ0v) is 20.7. The monoisotopic (exact) mass is 493 g/mol. The smallest absolute Gasteiger partial charge is 0.207 e. The lowest BCUT2D eigenvalue weighted by Crippen LogP contribution is -2.82. The minimum atomic E-state index is 0.493. The normalized spacial score (nSPS) is 11.5. The SMILES string of the molecule is CCOc1ccc(CC[NH2+]C(C)=Cc2nsc(Nc3ccc(Cl)c(Cl)c3)n2)cc1OCC. The molecular weight excluding hydrogens is 467 g/mol. The van der Waals surface area contributed by atoms with E-state index >= 15 is 0 Å². The molecular formula is C23H27Cl2N4O2S+. The number of hydrogen-bond donors (Lipinski definition) is 2. The Morgan fingerprint density at radius 1 is 1.06 bits per heavy atom. The number of benzene rings is 2. The van der Waals surface area contributed by atoms with Crippen LogP contribution in [-0.2, 0) is 6.42 Å². The molecule has 0 aliphatic rings. The van der Waals surface area contributed by atoms with Crippen LogP contribution in [0.25, 0.3) is 6.08 Å². The van der Waals surface area contributed by atoms with Gasteiger partial charge < -0.3 is 20.1 Å². The van der Waals surface area contributed by atoms with Crippen molar-refractivity contribution in [1.82, 2.24) is 9.36 Å². The Kier molecular flexibility index (Phi) is 9.17. The third-order valence-corrected chi connectivity index (χ3v) is 5.86. The Bertz CT molecular complexity index is 1070. The average Bonchev–Trinajstić information content (AvgIpc) is 3.19. The lowest BCUT2D eigenvalue weighted by Gasteiger charge is -2.12. The molecule has 0 amide bonds. The first-order valence-electron chi connectivity index (χ1n) is 10.4. The van der Waals surface area contributed by atoms with E-state index in [0.29, 0.717) is 34.2 Å². The van der Waals surface area contributed by atoms with Gasteiger partial charge in [-0.15, -0.1) is 0 Å². The van der Waals surface area contributed by atoms with Gasteiger partial charge in [-0.2, -0.15) is 9.36 Å². The van der Waals surface area contributed by atoms with Crippen LogP contribution in [0.3, 0.4) is 0 Å². The summed E-state index contributed by atoms with van der Waals surface area (Å²) in [6, 6.07) is 11.5. The van der Waals surface area contributed by atoms with Crippen LogP contribution in [0.2, 0.25) is 10.0 Å². The molecule has 0 radical (unpaired) electrons. The van der Waals surface area contributed by atoms with Crippen LogP contribution in [-0.4, -0.2) is 29.1 Å². The van der Waals surface area contributed by atoms with Crippen LogP contribution in [0.1, 0.15) is 32.2 Å². The Balaban J connectivity index is 1.54. The molecule has 3 N–H and O–H groups in total. The molecule has 1 aromatic heterocycles. The fourth-order valence-electron chi connectivity index (χ4n) is 3.02. The predicted molar refractivity (Wildman–Crippen MR) is 133 cm³/mol. The Hall–Kier alpha value is -2.32. The first-order chi connectivity index (χ1) is 15.5. The molecule has 0 saturated carbocycles. The molecule has 2 aromatic carbocycles. The summed E-state index contributed by atoms with van der Waals surface area (Å²) in [5, 5.41) is 7.09. The van der Waals surface area contributed by atoms with Gasteiger partial charge >= 0.3 is 0 Å². The van der Waals surface area contributed by atoms with Gasteiger partial charge in [0, 0.05) is 36.6 Å². The number of rotatable bonds is 11. The van der Waals surface area contributed by atoms with E-state index in [1.807, 2.05) is 32.1 Å². The molecule has 9 heteroatoms. The molecule has 32 heavy (non-hydrogen) atoms. The lowest BCUT2D eigenvalue weighted by atomic mass is 10.1. The van der Waals surface area contributed by atoms with Gasteiger partial charge in [0.05, 0.1) is 29.8 Å². The molecule has 0 saturated heterocycles. The van der Waals surface area contributed by atoms with Crippen molar-refractivity contribution in [2.45, 2.75) is 27.2 Å². The molecule has 0 unspecified atom stereocenters. The summed E-state index contributed by atoms with van der Waals surface area (Å²) in [6.07, 6.45) is 2.88. The van der Waals surface area contributed by atoms with Crippen molar-refractivity contribution in [2.75, 3.05) is 25.1 Å². The van der Waals surface area contributed by atoms with Crippen molar-refractivity contribution in [3.05, 3.63) is 63.5 Å². The molecule has 6 nitrogen and oxygen atoms in total. The number of ether oxygens (including phenoxy) is 2. The Morgan fingerprint density at radius 3 is 2.59 bits per heavy atom. The molecule has 0 fully saturated rings. The van der Waals surface area contributed by atoms with Crippen molar-refractivity contribution in [3.63, 3.8) is 0 Å². The highest BCUT2D eigenvalue weighted by Crippen LogP contribution is 2.29. The zero-order chi connectivity index (χ0) is 22.9. The number of quaternary nitrogens is 1. The van der Waals surface area contributed by atoms with E-state index in [1.165, 1.54) is 17.1 Å². The fourth-order valence-corrected chi connectivity index (χ4v) is 3.89. The van der Waals surface area contributed by atoms with Gasteiger partial charge in [-0.1, -0.05) is 29.3 Å². The lowest BCUT2D eigenvalue weighted by molar-refractivity contribution is -0.604. The molecule has 170 valence electrons. The third kappa shape index (κ3) is 7.10. The van der Waals surface area contributed by atoms with Gasteiger partial charge in [0.2, 0.25) is 5.13 Å². The van der Waals surface area contributed by atoms with Crippen molar-refractivity contribution in [2.24, 2.45) is 0 Å². The van der Waals surface area contributed by atoms with Crippen LogP contribution in [0, 0.1) is 0 Å². The maximum atomic E-state index is 6.06. The first kappa shape index (κ1) is 24.3. The summed E-state index contributed by atoms with van der Waals surface area (Å²) >= 11 is 13.3. The number of halogens is 2. The predicted octanol–water partition coefficient (Wildman–Crippen LogP) is 5.55. The highest BCUT2D eigenvalue weighted by molar-refractivity contribution is 7.09. The van der Waals surface area contributed by atoms with Crippen molar-refractivity contribution in [1.29, 1.82) is 0 Å². The number of nitrogens with two attached hydrogens (primary N) is 1. The van der Waals surface area contributed by atoms with Crippen LogP contribution in [0.4, 0.5) is 10.8 Å². The quantitative estimate of drug-likeness (QED) is 0.366. The average molecular weight is 494 g/mol. The standard InChI is InChI=1S/C23H26Cl2N4O2S/c1-4-30-20-9-6-16(13-21(20)31-5-2)10-11-26-15(3)12-22-28-23(32-29-22)27-17-7-8-18(24)19(25)14-17/h6-9,12-14,26H,4-5,10-11H2,1-3H3,(H,27,28,29)/p+1. The second-order valence-corrected chi connectivity index (χ2v) is 8.56. The van der Waals surface area contributed by atoms with E-state index in [-0.39, 0.29) is 0 Å². The van der Waals surface area contributed by atoms with E-state index in [1.54, 1.807) is 12.1 Å². The molecule has 0 aliphatic carbocycles. The topological polar surface area (TPSA) is 72.9 Å². The second-order valence-electron chi connectivity index (χ2n) is 6.99. The maximum absolute atomic E-state index is 6.06. The summed E-state index contributed by atoms with van der Waals surface area (Å²) < 4.78 is 15.7. The summed E-state index contributed by atoms with van der Waals surface area (Å²) in [5.74, 6) is 2.26. The van der Waals surface area contributed by atoms with Crippen molar-refractivity contribution < 1.29 is 14.8 Å². The van der Waals surface area contributed by atoms with E-state index in [9.17, 15) is 0 Å². The Morgan fingerprint density at radius 2 is 1.84 bits per heavy atom. The minimum Gasteiger partial charge on any atom is -0.490 e.